The highest BCUT2D eigenvalue weighted by molar-refractivity contribution is 6.32. The number of aromatic nitrogens is 3. The van der Waals surface area contributed by atoms with Crippen molar-refractivity contribution in [2.24, 2.45) is 7.05 Å². The molecule has 1 amide bonds. The number of rotatable bonds is 8. The summed E-state index contributed by atoms with van der Waals surface area (Å²) in [4.78, 5) is 36.0. The second-order valence-corrected chi connectivity index (χ2v) is 10.4. The van der Waals surface area contributed by atoms with Crippen LogP contribution >= 0.6 is 11.6 Å². The number of piperazine rings is 1. The van der Waals surface area contributed by atoms with Gasteiger partial charge in [0.15, 0.2) is 5.82 Å². The number of carbonyl (C=O) groups is 1. The zero-order valence-corrected chi connectivity index (χ0v) is 24.5. The molecule has 0 spiro atoms. The summed E-state index contributed by atoms with van der Waals surface area (Å²) in [5, 5.41) is 2.51. The summed E-state index contributed by atoms with van der Waals surface area (Å²) >= 11 is 6.52. The molecule has 0 radical (unpaired) electrons. The number of amides is 1. The highest BCUT2D eigenvalue weighted by Gasteiger charge is 2.29. The number of ether oxygens (including phenoxy) is 2. The highest BCUT2D eigenvalue weighted by Crippen LogP contribution is 2.35. The number of nitrogens with zero attached hydrogens (tertiary/aromatic N) is 5. The number of halogens is 5. The van der Waals surface area contributed by atoms with Crippen molar-refractivity contribution < 1.29 is 31.8 Å². The molecule has 2 aromatic heterocycles. The van der Waals surface area contributed by atoms with Crippen LogP contribution in [0.4, 0.5) is 29.1 Å². The Labute approximate surface area is 254 Å². The Kier molecular flexibility index (Phi) is 8.83. The van der Waals surface area contributed by atoms with Crippen molar-refractivity contribution in [1.82, 2.24) is 19.2 Å². The number of pyridine rings is 1. The first-order chi connectivity index (χ1) is 21.0. The minimum atomic E-state index is -3.07. The second kappa shape index (κ2) is 12.6. The molecule has 232 valence electrons. The molecule has 1 N–H and O–H groups in total. The Bertz CT molecular complexity index is 1730. The average molecular weight is 635 g/mol. The number of nitrogens with one attached hydrogen (secondary N) is 1. The lowest BCUT2D eigenvalue weighted by Crippen LogP contribution is -2.44. The van der Waals surface area contributed by atoms with Gasteiger partial charge < -0.3 is 24.6 Å². The Hall–Kier alpha value is -4.56. The normalized spacial score (nSPS) is 13.8. The quantitative estimate of drug-likeness (QED) is 0.279. The van der Waals surface area contributed by atoms with Crippen LogP contribution in [0.5, 0.6) is 11.5 Å². The molecule has 15 heteroatoms. The van der Waals surface area contributed by atoms with E-state index in [9.17, 15) is 18.4 Å². The van der Waals surface area contributed by atoms with Gasteiger partial charge in [0.2, 0.25) is 0 Å². The topological polar surface area (TPSA) is 93.9 Å². The van der Waals surface area contributed by atoms with E-state index in [0.717, 1.165) is 46.7 Å². The molecule has 1 aliphatic heterocycles. The van der Waals surface area contributed by atoms with Gasteiger partial charge in [0.25, 0.3) is 11.5 Å². The summed E-state index contributed by atoms with van der Waals surface area (Å²) in [6.07, 6.45) is 0. The van der Waals surface area contributed by atoms with Crippen LogP contribution in [0.3, 0.4) is 0 Å². The SMILES string of the molecule is COc1cc(F)c(-c2c(NC(=O)c3ccc(OC(F)F)cc3)c(=O)n(-c3nc(N4CCN(C)CC4)ccc3Cl)n2C)c(F)c1. The molecule has 0 aliphatic carbocycles. The molecule has 3 heterocycles. The predicted octanol–water partition coefficient (Wildman–Crippen LogP) is 4.78. The standard InChI is InChI=1S/C29H27ClF4N6O4/c1-37-10-12-39(13-11-37)22-9-8-19(30)26(35-22)40-28(42)24(36-27(41)16-4-6-17(7-5-16)44-29(33)34)25(38(40)2)23-20(31)14-18(43-3)15-21(23)32/h4-9,14-15,29H,10-13H2,1-3H3,(H,36,41). The number of likely N-dealkylation sites (N-methyl/N-ethyl adjacent to an activating group) is 1. The van der Waals surface area contributed by atoms with E-state index in [-0.39, 0.29) is 33.6 Å². The Balaban J connectivity index is 1.64. The lowest BCUT2D eigenvalue weighted by Gasteiger charge is -2.33. The fourth-order valence-corrected chi connectivity index (χ4v) is 5.08. The van der Waals surface area contributed by atoms with Gasteiger partial charge in [-0.1, -0.05) is 11.6 Å². The van der Waals surface area contributed by atoms with Gasteiger partial charge in [-0.2, -0.15) is 13.5 Å². The molecule has 1 saturated heterocycles. The third kappa shape index (κ3) is 6.08. The van der Waals surface area contributed by atoms with Crippen molar-refractivity contribution in [2.75, 3.05) is 50.6 Å². The van der Waals surface area contributed by atoms with E-state index >= 15 is 8.78 Å². The lowest BCUT2D eigenvalue weighted by atomic mass is 10.1. The average Bonchev–Trinajstić information content (AvgIpc) is 3.21. The number of methoxy groups -OCH3 is 1. The van der Waals surface area contributed by atoms with E-state index < -0.39 is 41.0 Å². The minimum absolute atomic E-state index is 0.0276. The van der Waals surface area contributed by atoms with Gasteiger partial charge in [0, 0.05) is 50.9 Å². The zero-order valence-electron chi connectivity index (χ0n) is 23.8. The fourth-order valence-electron chi connectivity index (χ4n) is 4.89. The second-order valence-electron chi connectivity index (χ2n) is 9.95. The Morgan fingerprint density at radius 3 is 2.20 bits per heavy atom. The first kappa shape index (κ1) is 30.9. The summed E-state index contributed by atoms with van der Waals surface area (Å²) in [5.74, 6) is -2.78. The molecule has 0 saturated carbocycles. The smallest absolute Gasteiger partial charge is 0.387 e. The third-order valence-corrected chi connectivity index (χ3v) is 7.47. The largest absolute Gasteiger partial charge is 0.497 e. The van der Waals surface area contributed by atoms with Crippen LogP contribution in [0.15, 0.2) is 53.3 Å². The third-order valence-electron chi connectivity index (χ3n) is 7.18. The van der Waals surface area contributed by atoms with E-state index in [2.05, 4.69) is 19.9 Å². The zero-order chi connectivity index (χ0) is 31.7. The highest BCUT2D eigenvalue weighted by atomic mass is 35.5. The maximum absolute atomic E-state index is 15.4. The van der Waals surface area contributed by atoms with Crippen molar-refractivity contribution in [3.05, 3.63) is 81.1 Å². The number of anilines is 2. The lowest BCUT2D eigenvalue weighted by molar-refractivity contribution is -0.0498. The van der Waals surface area contributed by atoms with Crippen LogP contribution < -0.4 is 25.2 Å². The first-order valence-corrected chi connectivity index (χ1v) is 13.7. The monoisotopic (exact) mass is 634 g/mol. The number of alkyl halides is 2. The molecule has 0 unspecified atom stereocenters. The van der Waals surface area contributed by atoms with Crippen molar-refractivity contribution in [3.8, 4) is 28.6 Å². The molecule has 1 fully saturated rings. The summed E-state index contributed by atoms with van der Waals surface area (Å²) in [6.45, 7) is -0.153. The fraction of sp³-hybridized carbons (Fsp3) is 0.276. The van der Waals surface area contributed by atoms with Crippen molar-refractivity contribution in [3.63, 3.8) is 0 Å². The summed E-state index contributed by atoms with van der Waals surface area (Å²) < 4.78 is 67.4. The molecule has 4 aromatic rings. The van der Waals surface area contributed by atoms with Crippen molar-refractivity contribution >= 4 is 29.0 Å². The molecule has 44 heavy (non-hydrogen) atoms. The summed E-state index contributed by atoms with van der Waals surface area (Å²) in [5.41, 5.74) is -2.34. The number of hydrogen-bond acceptors (Lipinski definition) is 7. The number of benzene rings is 2. The van der Waals surface area contributed by atoms with Crippen LogP contribution in [0.1, 0.15) is 10.4 Å². The van der Waals surface area contributed by atoms with E-state index in [0.29, 0.717) is 18.9 Å². The number of hydrogen-bond donors (Lipinski definition) is 1. The Morgan fingerprint density at radius 2 is 1.61 bits per heavy atom. The molecule has 0 atom stereocenters. The van der Waals surface area contributed by atoms with Gasteiger partial charge in [-0.25, -0.2) is 13.8 Å². The number of carbonyl (C=O) groups excluding carboxylic acids is 1. The van der Waals surface area contributed by atoms with E-state index in [1.54, 1.807) is 12.1 Å². The van der Waals surface area contributed by atoms with Gasteiger partial charge >= 0.3 is 6.61 Å². The maximum Gasteiger partial charge on any atom is 0.387 e. The minimum Gasteiger partial charge on any atom is -0.497 e. The van der Waals surface area contributed by atoms with Gasteiger partial charge in [-0.15, -0.1) is 0 Å². The van der Waals surface area contributed by atoms with Gasteiger partial charge in [-0.05, 0) is 43.4 Å². The van der Waals surface area contributed by atoms with Crippen LogP contribution in [0, 0.1) is 11.6 Å². The van der Waals surface area contributed by atoms with Gasteiger partial charge in [-0.3, -0.25) is 14.3 Å². The molecule has 2 aromatic carbocycles. The summed E-state index contributed by atoms with van der Waals surface area (Å²) in [7, 11) is 4.61. The van der Waals surface area contributed by atoms with E-state index in [1.165, 1.54) is 26.3 Å². The van der Waals surface area contributed by atoms with Crippen LogP contribution in [0.2, 0.25) is 5.02 Å². The van der Waals surface area contributed by atoms with Crippen LogP contribution in [-0.2, 0) is 7.05 Å². The van der Waals surface area contributed by atoms with Crippen molar-refractivity contribution in [2.45, 2.75) is 6.61 Å². The molecular formula is C29H27ClF4N6O4. The van der Waals surface area contributed by atoms with E-state index in [1.807, 2.05) is 11.9 Å². The first-order valence-electron chi connectivity index (χ1n) is 13.3. The predicted molar refractivity (Wildman–Crippen MR) is 156 cm³/mol. The molecule has 10 nitrogen and oxygen atoms in total. The molecule has 0 bridgehead atoms. The molecular weight excluding hydrogens is 608 g/mol. The van der Waals surface area contributed by atoms with Crippen LogP contribution in [-0.4, -0.2) is 72.1 Å². The molecule has 1 aliphatic rings. The van der Waals surface area contributed by atoms with Crippen molar-refractivity contribution in [1.29, 1.82) is 0 Å². The van der Waals surface area contributed by atoms with Gasteiger partial charge in [0.05, 0.1) is 17.7 Å². The maximum atomic E-state index is 15.4. The van der Waals surface area contributed by atoms with E-state index in [4.69, 9.17) is 16.3 Å². The summed E-state index contributed by atoms with van der Waals surface area (Å²) in [6, 6.07) is 9.82. The van der Waals surface area contributed by atoms with Crippen LogP contribution in [0.25, 0.3) is 17.1 Å². The molecule has 5 rings (SSSR count). The van der Waals surface area contributed by atoms with Gasteiger partial charge in [0.1, 0.15) is 40.3 Å². The Morgan fingerprint density at radius 1 is 0.977 bits per heavy atom.